The maximum absolute atomic E-state index is 12.2. The molecule has 0 unspecified atom stereocenters. The van der Waals surface area contributed by atoms with E-state index in [-0.39, 0.29) is 4.90 Å². The summed E-state index contributed by atoms with van der Waals surface area (Å²) in [6, 6.07) is 3.86. The molecular weight excluding hydrogens is 386 g/mol. The first-order valence-corrected chi connectivity index (χ1v) is 10.1. The lowest BCUT2D eigenvalue weighted by molar-refractivity contribution is -0.153. The number of carbonyl (C=O) groups excluding carboxylic acids is 3. The van der Waals surface area contributed by atoms with Gasteiger partial charge in [-0.25, -0.2) is 13.2 Å². The number of sulfonamides is 1. The van der Waals surface area contributed by atoms with Crippen molar-refractivity contribution in [2.24, 2.45) is 0 Å². The first-order chi connectivity index (χ1) is 12.7. The van der Waals surface area contributed by atoms with Crippen LogP contribution in [0.15, 0.2) is 23.1 Å². The summed E-state index contributed by atoms with van der Waals surface area (Å²) >= 11 is 0. The van der Waals surface area contributed by atoms with Gasteiger partial charge < -0.3 is 10.1 Å². The average molecular weight is 413 g/mol. The number of nitrogens with one attached hydrogen (secondary N) is 3. The quantitative estimate of drug-likeness (QED) is 0.600. The van der Waals surface area contributed by atoms with E-state index in [0.717, 1.165) is 11.1 Å². The summed E-state index contributed by atoms with van der Waals surface area (Å²) in [5.74, 6) is -1.78. The highest BCUT2D eigenvalue weighted by molar-refractivity contribution is 7.89. The van der Waals surface area contributed by atoms with Crippen LogP contribution in [0, 0.1) is 13.8 Å². The molecule has 10 heteroatoms. The van der Waals surface area contributed by atoms with E-state index in [2.05, 4.69) is 10.0 Å². The lowest BCUT2D eigenvalue weighted by Gasteiger charge is -2.21. The van der Waals surface area contributed by atoms with E-state index in [4.69, 9.17) is 4.74 Å². The summed E-state index contributed by atoms with van der Waals surface area (Å²) in [4.78, 5) is 35.4. The molecule has 0 saturated carbocycles. The van der Waals surface area contributed by atoms with Crippen LogP contribution < -0.4 is 15.4 Å². The van der Waals surface area contributed by atoms with Crippen molar-refractivity contribution in [1.82, 2.24) is 15.4 Å². The topological polar surface area (TPSA) is 131 Å². The van der Waals surface area contributed by atoms with Gasteiger partial charge in [0.25, 0.3) is 5.91 Å². The fourth-order valence-electron chi connectivity index (χ4n) is 2.00. The predicted molar refractivity (Wildman–Crippen MR) is 103 cm³/mol. The third-order valence-electron chi connectivity index (χ3n) is 3.60. The zero-order valence-electron chi connectivity index (χ0n) is 16.9. The molecule has 9 nitrogen and oxygen atoms in total. The number of hydrogen-bond donors (Lipinski definition) is 3. The maximum Gasteiger partial charge on any atom is 0.321 e. The van der Waals surface area contributed by atoms with E-state index in [1.165, 1.54) is 19.1 Å². The highest BCUT2D eigenvalue weighted by Gasteiger charge is 2.23. The Bertz CT molecular complexity index is 859. The van der Waals surface area contributed by atoms with Gasteiger partial charge in [0.1, 0.15) is 6.54 Å². The standard InChI is InChI=1S/C18H27N3O6S/c1-11-7-8-14(9-12(11)2)28(25,26)19-10-15(22)27-13(3)16(23)20-17(24)21-18(4,5)6/h7-9,13,19H,10H2,1-6H3,(H2,20,21,23,24)/t13-/m1/s1. The van der Waals surface area contributed by atoms with Crippen LogP contribution in [0.2, 0.25) is 0 Å². The number of esters is 1. The number of benzene rings is 1. The molecule has 0 heterocycles. The zero-order chi connectivity index (χ0) is 21.7. The SMILES string of the molecule is Cc1ccc(S(=O)(=O)NCC(=O)O[C@H](C)C(=O)NC(=O)NC(C)(C)C)cc1C. The molecule has 1 atom stereocenters. The number of amides is 3. The molecule has 0 aliphatic rings. The van der Waals surface area contributed by atoms with Crippen molar-refractivity contribution in [3.63, 3.8) is 0 Å². The van der Waals surface area contributed by atoms with Crippen molar-refractivity contribution in [2.75, 3.05) is 6.54 Å². The van der Waals surface area contributed by atoms with Crippen LogP contribution in [-0.4, -0.2) is 44.5 Å². The fraction of sp³-hybridized carbons (Fsp3) is 0.500. The second-order valence-corrected chi connectivity index (χ2v) is 9.16. The molecular formula is C18H27N3O6S. The molecule has 0 fully saturated rings. The predicted octanol–water partition coefficient (Wildman–Crippen LogP) is 1.14. The van der Waals surface area contributed by atoms with Crippen LogP contribution in [0.5, 0.6) is 0 Å². The van der Waals surface area contributed by atoms with Crippen molar-refractivity contribution in [3.8, 4) is 0 Å². The molecule has 3 N–H and O–H groups in total. The van der Waals surface area contributed by atoms with Crippen molar-refractivity contribution >= 4 is 27.9 Å². The van der Waals surface area contributed by atoms with Crippen molar-refractivity contribution < 1.29 is 27.5 Å². The number of aryl methyl sites for hydroxylation is 2. The first-order valence-electron chi connectivity index (χ1n) is 8.60. The Morgan fingerprint density at radius 1 is 1.11 bits per heavy atom. The lowest BCUT2D eigenvalue weighted by atomic mass is 10.1. The monoisotopic (exact) mass is 413 g/mol. The van der Waals surface area contributed by atoms with Gasteiger partial charge in [-0.05, 0) is 64.8 Å². The molecule has 1 aromatic carbocycles. The van der Waals surface area contributed by atoms with Gasteiger partial charge in [-0.1, -0.05) is 6.07 Å². The zero-order valence-corrected chi connectivity index (χ0v) is 17.7. The minimum absolute atomic E-state index is 0.0213. The Morgan fingerprint density at radius 3 is 2.25 bits per heavy atom. The average Bonchev–Trinajstić information content (AvgIpc) is 2.53. The molecule has 156 valence electrons. The third kappa shape index (κ3) is 7.65. The van der Waals surface area contributed by atoms with Gasteiger partial charge in [0.2, 0.25) is 10.0 Å². The Hall–Kier alpha value is -2.46. The van der Waals surface area contributed by atoms with Gasteiger partial charge in [0.05, 0.1) is 4.90 Å². The molecule has 0 aliphatic carbocycles. The van der Waals surface area contributed by atoms with Gasteiger partial charge in [0.15, 0.2) is 6.10 Å². The smallest absolute Gasteiger partial charge is 0.321 e. The maximum atomic E-state index is 12.2. The highest BCUT2D eigenvalue weighted by atomic mass is 32.2. The molecule has 0 aliphatic heterocycles. The van der Waals surface area contributed by atoms with E-state index >= 15 is 0 Å². The van der Waals surface area contributed by atoms with Crippen LogP contribution in [0.1, 0.15) is 38.8 Å². The molecule has 28 heavy (non-hydrogen) atoms. The Kier molecular flexibility index (Phi) is 7.71. The van der Waals surface area contributed by atoms with Crippen molar-refractivity contribution in [2.45, 2.75) is 58.1 Å². The number of imide groups is 1. The minimum Gasteiger partial charge on any atom is -0.452 e. The largest absolute Gasteiger partial charge is 0.452 e. The number of urea groups is 1. The van der Waals surface area contributed by atoms with Gasteiger partial charge in [-0.2, -0.15) is 4.72 Å². The summed E-state index contributed by atoms with van der Waals surface area (Å²) in [6.45, 7) is 9.46. The van der Waals surface area contributed by atoms with Crippen LogP contribution in [0.4, 0.5) is 4.79 Å². The van der Waals surface area contributed by atoms with Crippen molar-refractivity contribution in [1.29, 1.82) is 0 Å². The molecule has 0 spiro atoms. The fourth-order valence-corrected chi connectivity index (χ4v) is 3.05. The summed E-state index contributed by atoms with van der Waals surface area (Å²) < 4.78 is 31.5. The van der Waals surface area contributed by atoms with E-state index in [0.29, 0.717) is 0 Å². The van der Waals surface area contributed by atoms with Crippen LogP contribution in [0.3, 0.4) is 0 Å². The summed E-state index contributed by atoms with van der Waals surface area (Å²) in [6.07, 6.45) is -1.27. The van der Waals surface area contributed by atoms with Gasteiger partial charge >= 0.3 is 12.0 Å². The molecule has 0 bridgehead atoms. The summed E-state index contributed by atoms with van der Waals surface area (Å²) in [7, 11) is -3.91. The molecule has 0 radical (unpaired) electrons. The summed E-state index contributed by atoms with van der Waals surface area (Å²) in [5, 5.41) is 4.57. The number of hydrogen-bond acceptors (Lipinski definition) is 6. The van der Waals surface area contributed by atoms with Crippen LogP contribution in [-0.2, 0) is 24.3 Å². The Morgan fingerprint density at radius 2 is 1.71 bits per heavy atom. The third-order valence-corrected chi connectivity index (χ3v) is 5.00. The van der Waals surface area contributed by atoms with Gasteiger partial charge in [-0.15, -0.1) is 0 Å². The van der Waals surface area contributed by atoms with E-state index < -0.39 is 46.1 Å². The normalized spacial score (nSPS) is 12.8. The molecule has 0 aromatic heterocycles. The Balaban J connectivity index is 2.58. The minimum atomic E-state index is -3.91. The van der Waals surface area contributed by atoms with Crippen LogP contribution >= 0.6 is 0 Å². The highest BCUT2D eigenvalue weighted by Crippen LogP contribution is 2.14. The second-order valence-electron chi connectivity index (χ2n) is 7.40. The molecule has 0 saturated heterocycles. The second kappa shape index (κ2) is 9.16. The van der Waals surface area contributed by atoms with Crippen molar-refractivity contribution in [3.05, 3.63) is 29.3 Å². The summed E-state index contributed by atoms with van der Waals surface area (Å²) in [5.41, 5.74) is 1.19. The number of ether oxygens (including phenoxy) is 1. The van der Waals surface area contributed by atoms with Gasteiger partial charge in [-0.3, -0.25) is 14.9 Å². The lowest BCUT2D eigenvalue weighted by Crippen LogP contribution is -2.50. The number of rotatable bonds is 6. The van der Waals surface area contributed by atoms with Crippen LogP contribution in [0.25, 0.3) is 0 Å². The van der Waals surface area contributed by atoms with Gasteiger partial charge in [0, 0.05) is 5.54 Å². The first kappa shape index (κ1) is 23.6. The van der Waals surface area contributed by atoms with E-state index in [9.17, 15) is 22.8 Å². The molecule has 1 rings (SSSR count). The Labute approximate surface area is 165 Å². The molecule has 3 amide bonds. The molecule has 1 aromatic rings. The number of carbonyl (C=O) groups is 3. The van der Waals surface area contributed by atoms with E-state index in [1.54, 1.807) is 33.8 Å². The van der Waals surface area contributed by atoms with E-state index in [1.807, 2.05) is 12.2 Å².